The van der Waals surface area contributed by atoms with E-state index < -0.39 is 0 Å². The third kappa shape index (κ3) is 4.22. The van der Waals surface area contributed by atoms with Crippen LogP contribution in [0.3, 0.4) is 0 Å². The van der Waals surface area contributed by atoms with E-state index in [0.29, 0.717) is 29.6 Å². The lowest BCUT2D eigenvalue weighted by molar-refractivity contribution is 0.515. The Morgan fingerprint density at radius 1 is 0.290 bits per heavy atom. The standard InChI is InChI=1S/C62H40/c1-3-13-35(14-4-1)40-27-28-44-46-30-32-48-52-34-54-53(33-51(52)47-31-29-45(58(46)59(47)48)43-24-12-23-41(40)57(43)44)56(38-16-5-2-6-17-38)61-49-25-10-19-37-20-11-26-50(55(37)49)62(61)60(54)42-22-9-18-36-15-7-8-21-39(36)42/h1-34,37,41,55,57-59H. The summed E-state index contributed by atoms with van der Waals surface area (Å²) in [5, 5.41) is 5.28. The van der Waals surface area contributed by atoms with Crippen molar-refractivity contribution in [1.82, 2.24) is 0 Å². The first-order chi connectivity index (χ1) is 30.8. The van der Waals surface area contributed by atoms with Crippen LogP contribution >= 0.6 is 0 Å². The molecule has 9 aliphatic rings. The predicted octanol–water partition coefficient (Wildman–Crippen LogP) is 15.1. The van der Waals surface area contributed by atoms with Crippen LogP contribution in [0.5, 0.6) is 0 Å². The molecule has 6 aromatic rings. The van der Waals surface area contributed by atoms with Crippen LogP contribution in [-0.4, -0.2) is 0 Å². The molecule has 1 saturated carbocycles. The summed E-state index contributed by atoms with van der Waals surface area (Å²) in [6, 6.07) is 43.5. The molecule has 0 heteroatoms. The van der Waals surface area contributed by atoms with Crippen molar-refractivity contribution in [1.29, 1.82) is 0 Å². The molecule has 0 heterocycles. The van der Waals surface area contributed by atoms with Gasteiger partial charge < -0.3 is 0 Å². The quantitative estimate of drug-likeness (QED) is 0.168. The van der Waals surface area contributed by atoms with Crippen molar-refractivity contribution in [3.05, 3.63) is 257 Å². The second-order valence-corrected chi connectivity index (χ2v) is 18.5. The van der Waals surface area contributed by atoms with E-state index in [1.54, 1.807) is 0 Å². The maximum absolute atomic E-state index is 2.63. The highest BCUT2D eigenvalue weighted by Crippen LogP contribution is 2.66. The summed E-state index contributed by atoms with van der Waals surface area (Å²) in [6.07, 6.45) is 36.4. The van der Waals surface area contributed by atoms with Crippen LogP contribution in [0, 0.1) is 35.5 Å². The molecule has 0 bridgehead atoms. The summed E-state index contributed by atoms with van der Waals surface area (Å²) in [5.41, 5.74) is 25.6. The molecular weight excluding hydrogens is 745 g/mol. The summed E-state index contributed by atoms with van der Waals surface area (Å²) in [7, 11) is 0. The highest BCUT2D eigenvalue weighted by molar-refractivity contribution is 6.22. The fourth-order valence-corrected chi connectivity index (χ4v) is 13.4. The third-order valence-electron chi connectivity index (χ3n) is 15.8. The Morgan fingerprint density at radius 3 is 1.53 bits per heavy atom. The first-order valence-corrected chi connectivity index (χ1v) is 22.5. The molecule has 0 saturated heterocycles. The van der Waals surface area contributed by atoms with Gasteiger partial charge >= 0.3 is 0 Å². The van der Waals surface area contributed by atoms with E-state index in [-0.39, 0.29) is 5.92 Å². The molecule has 6 atom stereocenters. The van der Waals surface area contributed by atoms with Crippen molar-refractivity contribution in [3.8, 4) is 22.3 Å². The molecule has 0 amide bonds. The molecule has 0 aliphatic heterocycles. The molecular formula is C62H40. The molecule has 0 nitrogen and oxygen atoms in total. The molecule has 15 rings (SSSR count). The zero-order chi connectivity index (χ0) is 40.2. The predicted molar refractivity (Wildman–Crippen MR) is 259 cm³/mol. The Morgan fingerprint density at radius 2 is 0.806 bits per heavy atom. The maximum atomic E-state index is 2.63. The van der Waals surface area contributed by atoms with Crippen molar-refractivity contribution < 1.29 is 0 Å². The lowest BCUT2D eigenvalue weighted by Gasteiger charge is -2.48. The van der Waals surface area contributed by atoms with Crippen LogP contribution in [-0.2, 0) is 0 Å². The topological polar surface area (TPSA) is 0 Å². The fraction of sp³-hybridized carbons (Fsp3) is 0.0968. The number of benzene rings is 6. The molecule has 0 aromatic heterocycles. The third-order valence-corrected chi connectivity index (χ3v) is 15.8. The molecule has 0 N–H and O–H groups in total. The first kappa shape index (κ1) is 33.4. The Balaban J connectivity index is 1.03. The lowest BCUT2D eigenvalue weighted by Crippen LogP contribution is -2.37. The van der Waals surface area contributed by atoms with Crippen molar-refractivity contribution in [2.45, 2.75) is 0 Å². The van der Waals surface area contributed by atoms with Gasteiger partial charge in [-0.15, -0.1) is 0 Å². The molecule has 288 valence electrons. The van der Waals surface area contributed by atoms with Crippen LogP contribution < -0.4 is 0 Å². The average Bonchev–Trinajstić information content (AvgIpc) is 3.84. The van der Waals surface area contributed by atoms with E-state index in [1.807, 2.05) is 0 Å². The normalized spacial score (nSPS) is 25.8. The highest BCUT2D eigenvalue weighted by atomic mass is 14.5. The number of hydrogen-bond donors (Lipinski definition) is 0. The van der Waals surface area contributed by atoms with Crippen molar-refractivity contribution >= 4 is 49.4 Å². The van der Waals surface area contributed by atoms with Gasteiger partial charge in [0.25, 0.3) is 0 Å². The summed E-state index contributed by atoms with van der Waals surface area (Å²) < 4.78 is 0. The zero-order valence-electron chi connectivity index (χ0n) is 34.1. The SMILES string of the molecule is C1=CC2C=CC=C3c4c(c(-c5ccccc5)c5cc6c(cc5c4-c4cccc5ccccc45)C4=CC=C5C7=CC=C(c8ccccc8)C8C=CC=C(C9=CC=C6C4C95)C78)C(=C1)C32. The number of hydrogen-bond acceptors (Lipinski definition) is 0. The molecule has 0 radical (unpaired) electrons. The van der Waals surface area contributed by atoms with E-state index in [9.17, 15) is 0 Å². The smallest absolute Gasteiger partial charge is 0.0211 e. The molecule has 0 spiro atoms. The number of rotatable bonds is 3. The maximum Gasteiger partial charge on any atom is 0.0211 e. The summed E-state index contributed by atoms with van der Waals surface area (Å²) in [4.78, 5) is 0. The van der Waals surface area contributed by atoms with Crippen LogP contribution in [0.25, 0.3) is 71.7 Å². The van der Waals surface area contributed by atoms with Gasteiger partial charge in [-0.05, 0) is 134 Å². The van der Waals surface area contributed by atoms with E-state index in [1.165, 1.54) is 122 Å². The Labute approximate surface area is 362 Å². The highest BCUT2D eigenvalue weighted by Gasteiger charge is 2.51. The zero-order valence-corrected chi connectivity index (χ0v) is 34.1. The molecule has 9 aliphatic carbocycles. The minimum atomic E-state index is 0.281. The monoisotopic (exact) mass is 784 g/mol. The molecule has 6 aromatic carbocycles. The van der Waals surface area contributed by atoms with Gasteiger partial charge in [0, 0.05) is 35.5 Å². The van der Waals surface area contributed by atoms with Crippen LogP contribution in [0.4, 0.5) is 0 Å². The summed E-state index contributed by atoms with van der Waals surface area (Å²) >= 11 is 0. The second-order valence-electron chi connectivity index (χ2n) is 18.5. The molecule has 1 fully saturated rings. The lowest BCUT2D eigenvalue weighted by atomic mass is 9.54. The van der Waals surface area contributed by atoms with Gasteiger partial charge in [0.15, 0.2) is 0 Å². The number of allylic oxidation sites excluding steroid dienone is 24. The first-order valence-electron chi connectivity index (χ1n) is 22.5. The van der Waals surface area contributed by atoms with Gasteiger partial charge in [0.1, 0.15) is 0 Å². The summed E-state index contributed by atoms with van der Waals surface area (Å²) in [6.45, 7) is 0. The van der Waals surface area contributed by atoms with Gasteiger partial charge in [0.05, 0.1) is 0 Å². The van der Waals surface area contributed by atoms with Gasteiger partial charge in [-0.2, -0.15) is 0 Å². The van der Waals surface area contributed by atoms with Gasteiger partial charge in [-0.25, -0.2) is 0 Å². The van der Waals surface area contributed by atoms with E-state index in [4.69, 9.17) is 0 Å². The average molecular weight is 785 g/mol. The van der Waals surface area contributed by atoms with Gasteiger partial charge in [-0.1, -0.05) is 194 Å². The van der Waals surface area contributed by atoms with E-state index in [2.05, 4.69) is 206 Å². The Bertz CT molecular complexity index is 3490. The van der Waals surface area contributed by atoms with E-state index >= 15 is 0 Å². The minimum absolute atomic E-state index is 0.281. The van der Waals surface area contributed by atoms with Gasteiger partial charge in [-0.3, -0.25) is 0 Å². The van der Waals surface area contributed by atoms with Crippen LogP contribution in [0.15, 0.2) is 229 Å². The molecule has 62 heavy (non-hydrogen) atoms. The van der Waals surface area contributed by atoms with Gasteiger partial charge in [0.2, 0.25) is 0 Å². The number of fused-ring (bicyclic) bond motifs is 10. The summed E-state index contributed by atoms with van der Waals surface area (Å²) in [5.74, 6) is 1.90. The van der Waals surface area contributed by atoms with E-state index in [0.717, 1.165) is 0 Å². The Hall–Kier alpha value is -7.28. The van der Waals surface area contributed by atoms with Crippen LogP contribution in [0.2, 0.25) is 0 Å². The fourth-order valence-electron chi connectivity index (χ4n) is 13.4. The largest absolute Gasteiger partial charge is 0.0767 e. The van der Waals surface area contributed by atoms with Crippen molar-refractivity contribution in [3.63, 3.8) is 0 Å². The van der Waals surface area contributed by atoms with Crippen molar-refractivity contribution in [2.75, 3.05) is 0 Å². The minimum Gasteiger partial charge on any atom is -0.0767 e. The van der Waals surface area contributed by atoms with Crippen molar-refractivity contribution in [2.24, 2.45) is 35.5 Å². The van der Waals surface area contributed by atoms with Crippen LogP contribution in [0.1, 0.15) is 27.8 Å². The molecule has 6 unspecified atom stereocenters. The Kier molecular flexibility index (Phi) is 6.57. The second kappa shape index (κ2) is 12.2.